The van der Waals surface area contributed by atoms with E-state index in [2.05, 4.69) is 12.2 Å². The maximum absolute atomic E-state index is 10.9. The van der Waals surface area contributed by atoms with Crippen molar-refractivity contribution in [2.45, 2.75) is 38.6 Å². The van der Waals surface area contributed by atoms with Crippen LogP contribution in [0.3, 0.4) is 0 Å². The first-order chi connectivity index (χ1) is 8.56. The van der Waals surface area contributed by atoms with Gasteiger partial charge >= 0.3 is 0 Å². The number of anilines is 1. The standard InChI is InChI=1S/C13H18N2O3/c1-9-3-2-4-10(7-9)14-12-6-5-11(16)8-13(12)15(17)18/h5-6,8-10,14,16H,2-4,7H2,1H3. The van der Waals surface area contributed by atoms with E-state index in [-0.39, 0.29) is 17.5 Å². The molecule has 0 saturated heterocycles. The second kappa shape index (κ2) is 5.25. The van der Waals surface area contributed by atoms with Gasteiger partial charge < -0.3 is 10.4 Å². The second-order valence-electron chi connectivity index (χ2n) is 5.07. The summed E-state index contributed by atoms with van der Waals surface area (Å²) in [6, 6.07) is 4.53. The van der Waals surface area contributed by atoms with Crippen molar-refractivity contribution < 1.29 is 10.0 Å². The molecule has 0 aromatic heterocycles. The quantitative estimate of drug-likeness (QED) is 0.490. The lowest BCUT2D eigenvalue weighted by Gasteiger charge is -2.28. The third-order valence-electron chi connectivity index (χ3n) is 3.47. The summed E-state index contributed by atoms with van der Waals surface area (Å²) in [7, 11) is 0. The third-order valence-corrected chi connectivity index (χ3v) is 3.47. The summed E-state index contributed by atoms with van der Waals surface area (Å²) in [5, 5.41) is 23.5. The van der Waals surface area contributed by atoms with Gasteiger partial charge in [0.1, 0.15) is 11.4 Å². The highest BCUT2D eigenvalue weighted by molar-refractivity contribution is 5.64. The normalized spacial score (nSPS) is 23.6. The van der Waals surface area contributed by atoms with Gasteiger partial charge in [0.25, 0.3) is 5.69 Å². The summed E-state index contributed by atoms with van der Waals surface area (Å²) in [4.78, 5) is 10.5. The van der Waals surface area contributed by atoms with Gasteiger partial charge in [0, 0.05) is 6.04 Å². The smallest absolute Gasteiger partial charge is 0.296 e. The van der Waals surface area contributed by atoms with Crippen LogP contribution in [0.1, 0.15) is 32.6 Å². The van der Waals surface area contributed by atoms with E-state index in [9.17, 15) is 15.2 Å². The average Bonchev–Trinajstić information content (AvgIpc) is 2.31. The molecule has 1 fully saturated rings. The number of nitro groups is 1. The van der Waals surface area contributed by atoms with E-state index in [4.69, 9.17) is 0 Å². The summed E-state index contributed by atoms with van der Waals surface area (Å²) in [5.41, 5.74) is 0.435. The van der Waals surface area contributed by atoms with Gasteiger partial charge in [0.15, 0.2) is 0 Å². The van der Waals surface area contributed by atoms with E-state index in [0.29, 0.717) is 11.6 Å². The van der Waals surface area contributed by atoms with Crippen LogP contribution in [0.2, 0.25) is 0 Å². The van der Waals surface area contributed by atoms with Crippen molar-refractivity contribution in [1.82, 2.24) is 0 Å². The maximum Gasteiger partial charge on any atom is 0.296 e. The molecule has 2 unspecified atom stereocenters. The van der Waals surface area contributed by atoms with Crippen molar-refractivity contribution in [3.63, 3.8) is 0 Å². The minimum Gasteiger partial charge on any atom is -0.508 e. The van der Waals surface area contributed by atoms with Crippen LogP contribution < -0.4 is 5.32 Å². The first-order valence-corrected chi connectivity index (χ1v) is 6.30. The van der Waals surface area contributed by atoms with Crippen LogP contribution in [0.5, 0.6) is 5.75 Å². The number of phenolic OH excluding ortho intramolecular Hbond substituents is 1. The van der Waals surface area contributed by atoms with Gasteiger partial charge in [-0.3, -0.25) is 10.1 Å². The van der Waals surface area contributed by atoms with Crippen molar-refractivity contribution in [2.75, 3.05) is 5.32 Å². The molecule has 0 amide bonds. The Morgan fingerprint density at radius 3 is 2.89 bits per heavy atom. The molecular formula is C13H18N2O3. The molecule has 0 spiro atoms. The van der Waals surface area contributed by atoms with Gasteiger partial charge in [-0.15, -0.1) is 0 Å². The van der Waals surface area contributed by atoms with E-state index in [1.807, 2.05) is 0 Å². The summed E-state index contributed by atoms with van der Waals surface area (Å²) in [6.07, 6.45) is 4.47. The Hall–Kier alpha value is -1.78. The molecule has 0 heterocycles. The SMILES string of the molecule is CC1CCCC(Nc2ccc(O)cc2[N+](=O)[O-])C1. The Balaban J connectivity index is 2.15. The Bertz CT molecular complexity index is 448. The molecule has 1 aliphatic rings. The molecular weight excluding hydrogens is 232 g/mol. The maximum atomic E-state index is 10.9. The van der Waals surface area contributed by atoms with E-state index in [0.717, 1.165) is 19.3 Å². The predicted octanol–water partition coefficient (Wildman–Crippen LogP) is 3.29. The largest absolute Gasteiger partial charge is 0.508 e. The van der Waals surface area contributed by atoms with Crippen molar-refractivity contribution in [1.29, 1.82) is 0 Å². The molecule has 5 heteroatoms. The van der Waals surface area contributed by atoms with Crippen LogP contribution in [-0.4, -0.2) is 16.1 Å². The van der Waals surface area contributed by atoms with Gasteiger partial charge in [-0.2, -0.15) is 0 Å². The molecule has 98 valence electrons. The van der Waals surface area contributed by atoms with Crippen LogP contribution in [0, 0.1) is 16.0 Å². The first-order valence-electron chi connectivity index (χ1n) is 6.30. The first kappa shape index (κ1) is 12.7. The van der Waals surface area contributed by atoms with Gasteiger partial charge in [-0.25, -0.2) is 0 Å². The van der Waals surface area contributed by atoms with Crippen LogP contribution >= 0.6 is 0 Å². The summed E-state index contributed by atoms with van der Waals surface area (Å²) >= 11 is 0. The van der Waals surface area contributed by atoms with Crippen LogP contribution in [0.25, 0.3) is 0 Å². The summed E-state index contributed by atoms with van der Waals surface area (Å²) < 4.78 is 0. The van der Waals surface area contributed by atoms with Crippen molar-refractivity contribution in [3.8, 4) is 5.75 Å². The minimum atomic E-state index is -0.464. The number of phenols is 1. The molecule has 1 aliphatic carbocycles. The molecule has 2 N–H and O–H groups in total. The third kappa shape index (κ3) is 2.91. The Kier molecular flexibility index (Phi) is 3.69. The summed E-state index contributed by atoms with van der Waals surface area (Å²) in [5.74, 6) is 0.580. The topological polar surface area (TPSA) is 75.4 Å². The number of hydrogen-bond acceptors (Lipinski definition) is 4. The van der Waals surface area contributed by atoms with E-state index in [1.165, 1.54) is 18.6 Å². The van der Waals surface area contributed by atoms with Gasteiger partial charge in [0.2, 0.25) is 0 Å². The van der Waals surface area contributed by atoms with Crippen LogP contribution in [0.4, 0.5) is 11.4 Å². The fraction of sp³-hybridized carbons (Fsp3) is 0.538. The lowest BCUT2D eigenvalue weighted by Crippen LogP contribution is -2.26. The molecule has 2 atom stereocenters. The van der Waals surface area contributed by atoms with E-state index < -0.39 is 4.92 Å². The molecule has 0 radical (unpaired) electrons. The Labute approximate surface area is 106 Å². The highest BCUT2D eigenvalue weighted by Crippen LogP contribution is 2.32. The second-order valence-corrected chi connectivity index (χ2v) is 5.07. The minimum absolute atomic E-state index is 0.0618. The highest BCUT2D eigenvalue weighted by atomic mass is 16.6. The molecule has 5 nitrogen and oxygen atoms in total. The van der Waals surface area contributed by atoms with Gasteiger partial charge in [0.05, 0.1) is 11.0 Å². The zero-order valence-electron chi connectivity index (χ0n) is 10.4. The Morgan fingerprint density at radius 1 is 1.44 bits per heavy atom. The molecule has 1 aromatic rings. The number of rotatable bonds is 3. The molecule has 1 saturated carbocycles. The lowest BCUT2D eigenvalue weighted by molar-refractivity contribution is -0.384. The van der Waals surface area contributed by atoms with Crippen LogP contribution in [0.15, 0.2) is 18.2 Å². The molecule has 18 heavy (non-hydrogen) atoms. The number of hydrogen-bond donors (Lipinski definition) is 2. The molecule has 2 rings (SSSR count). The number of nitrogens with one attached hydrogen (secondary N) is 1. The fourth-order valence-electron chi connectivity index (χ4n) is 2.58. The lowest BCUT2D eigenvalue weighted by atomic mass is 9.87. The Morgan fingerprint density at radius 2 is 2.22 bits per heavy atom. The molecule has 0 aliphatic heterocycles. The zero-order valence-corrected chi connectivity index (χ0v) is 10.4. The van der Waals surface area contributed by atoms with Crippen LogP contribution in [-0.2, 0) is 0 Å². The average molecular weight is 250 g/mol. The summed E-state index contributed by atoms with van der Waals surface area (Å²) in [6.45, 7) is 2.21. The number of benzene rings is 1. The van der Waals surface area contributed by atoms with Gasteiger partial charge in [-0.05, 0) is 30.9 Å². The highest BCUT2D eigenvalue weighted by Gasteiger charge is 2.22. The zero-order chi connectivity index (χ0) is 13.1. The van der Waals surface area contributed by atoms with E-state index in [1.54, 1.807) is 6.07 Å². The van der Waals surface area contributed by atoms with Crippen molar-refractivity contribution >= 4 is 11.4 Å². The number of nitrogens with zero attached hydrogens (tertiary/aromatic N) is 1. The number of nitro benzene ring substituents is 1. The van der Waals surface area contributed by atoms with E-state index >= 15 is 0 Å². The predicted molar refractivity (Wildman–Crippen MR) is 69.8 cm³/mol. The monoisotopic (exact) mass is 250 g/mol. The van der Waals surface area contributed by atoms with Crippen molar-refractivity contribution in [2.24, 2.45) is 5.92 Å². The van der Waals surface area contributed by atoms with Gasteiger partial charge in [-0.1, -0.05) is 19.8 Å². The number of aromatic hydroxyl groups is 1. The fourth-order valence-corrected chi connectivity index (χ4v) is 2.58. The molecule has 1 aromatic carbocycles. The van der Waals surface area contributed by atoms with Crippen molar-refractivity contribution in [3.05, 3.63) is 28.3 Å². The molecule has 0 bridgehead atoms.